The molecule has 0 atom stereocenters. The van der Waals surface area contributed by atoms with Gasteiger partial charge in [0.25, 0.3) is 5.91 Å². The van der Waals surface area contributed by atoms with E-state index in [9.17, 15) is 14.4 Å². The molecule has 0 aliphatic carbocycles. The van der Waals surface area contributed by atoms with Crippen molar-refractivity contribution >= 4 is 29.2 Å². The Labute approximate surface area is 160 Å². The molecule has 2 saturated heterocycles. The number of hydrogen-bond acceptors (Lipinski definition) is 4. The minimum atomic E-state index is -0.906. The van der Waals surface area contributed by atoms with Crippen LogP contribution in [0.5, 0.6) is 0 Å². The number of nitrogens with one attached hydrogen (secondary N) is 2. The number of imide groups is 1. The molecular weight excluding hydrogens is 344 g/mol. The molecule has 0 aromatic heterocycles. The van der Waals surface area contributed by atoms with Crippen LogP contribution in [0.4, 0.5) is 16.2 Å². The number of hydrogen-bond donors (Lipinski definition) is 2. The van der Waals surface area contributed by atoms with E-state index in [1.54, 1.807) is 13.8 Å². The smallest absolute Gasteiger partial charge is 0.325 e. The van der Waals surface area contributed by atoms with Crippen molar-refractivity contribution in [2.75, 3.05) is 29.9 Å². The quantitative estimate of drug-likeness (QED) is 0.779. The summed E-state index contributed by atoms with van der Waals surface area (Å²) >= 11 is 0. The van der Waals surface area contributed by atoms with E-state index in [1.807, 2.05) is 24.3 Å². The molecule has 146 valence electrons. The van der Waals surface area contributed by atoms with E-state index in [4.69, 9.17) is 0 Å². The van der Waals surface area contributed by atoms with Gasteiger partial charge in [-0.05, 0) is 51.0 Å². The molecule has 4 amide bonds. The molecule has 7 nitrogen and oxygen atoms in total. The molecule has 2 aliphatic heterocycles. The average molecular weight is 372 g/mol. The number of anilines is 2. The number of amides is 4. The Morgan fingerprint density at radius 1 is 1.07 bits per heavy atom. The van der Waals surface area contributed by atoms with Crippen molar-refractivity contribution < 1.29 is 14.4 Å². The van der Waals surface area contributed by atoms with Crippen molar-refractivity contribution in [1.82, 2.24) is 10.2 Å². The fraction of sp³-hybridized carbons (Fsp3) is 0.550. The van der Waals surface area contributed by atoms with Gasteiger partial charge in [-0.25, -0.2) is 4.79 Å². The summed E-state index contributed by atoms with van der Waals surface area (Å²) in [5, 5.41) is 5.44. The molecule has 7 heteroatoms. The van der Waals surface area contributed by atoms with Gasteiger partial charge in [-0.3, -0.25) is 14.5 Å². The number of benzene rings is 1. The molecule has 1 aromatic rings. The van der Waals surface area contributed by atoms with E-state index in [0.29, 0.717) is 0 Å². The summed E-state index contributed by atoms with van der Waals surface area (Å²) in [5.41, 5.74) is 0.990. The first kappa shape index (κ1) is 19.2. The highest BCUT2D eigenvalue weighted by Gasteiger charge is 2.43. The van der Waals surface area contributed by atoms with E-state index in [-0.39, 0.29) is 24.8 Å². The van der Waals surface area contributed by atoms with Crippen LogP contribution >= 0.6 is 0 Å². The zero-order chi connectivity index (χ0) is 19.4. The minimum Gasteiger partial charge on any atom is -0.372 e. The van der Waals surface area contributed by atoms with Crippen LogP contribution in [-0.4, -0.2) is 47.9 Å². The summed E-state index contributed by atoms with van der Waals surface area (Å²) in [6.45, 7) is 5.53. The third-order valence-corrected chi connectivity index (χ3v) is 5.13. The maximum absolute atomic E-state index is 12.2. The number of carbonyl (C=O) groups is 3. The second-order valence-electron chi connectivity index (χ2n) is 7.76. The van der Waals surface area contributed by atoms with Gasteiger partial charge in [0.15, 0.2) is 0 Å². The van der Waals surface area contributed by atoms with E-state index >= 15 is 0 Å². The Morgan fingerprint density at radius 3 is 2.26 bits per heavy atom. The molecule has 2 heterocycles. The zero-order valence-electron chi connectivity index (χ0n) is 16.1. The highest BCUT2D eigenvalue weighted by atomic mass is 16.2. The number of nitrogens with zero attached hydrogens (tertiary/aromatic N) is 2. The van der Waals surface area contributed by atoms with Crippen molar-refractivity contribution in [3.63, 3.8) is 0 Å². The van der Waals surface area contributed by atoms with Gasteiger partial charge in [0, 0.05) is 37.4 Å². The highest BCUT2D eigenvalue weighted by molar-refractivity contribution is 6.06. The van der Waals surface area contributed by atoms with Crippen LogP contribution < -0.4 is 15.5 Å². The lowest BCUT2D eigenvalue weighted by atomic mass is 10.1. The molecule has 2 aliphatic rings. The third-order valence-electron chi connectivity index (χ3n) is 5.13. The molecule has 0 saturated carbocycles. The Morgan fingerprint density at radius 2 is 1.70 bits per heavy atom. The summed E-state index contributed by atoms with van der Waals surface area (Å²) < 4.78 is 0. The normalized spacial score (nSPS) is 19.6. The predicted octanol–water partition coefficient (Wildman–Crippen LogP) is 2.73. The van der Waals surface area contributed by atoms with Crippen LogP contribution in [0.15, 0.2) is 24.3 Å². The third kappa shape index (κ3) is 4.59. The number of rotatable bonds is 5. The molecule has 0 spiro atoms. The summed E-state index contributed by atoms with van der Waals surface area (Å²) in [7, 11) is 0. The summed E-state index contributed by atoms with van der Waals surface area (Å²) in [6, 6.07) is 7.41. The van der Waals surface area contributed by atoms with Crippen LogP contribution in [0.25, 0.3) is 0 Å². The van der Waals surface area contributed by atoms with Crippen molar-refractivity contribution in [1.29, 1.82) is 0 Å². The van der Waals surface area contributed by atoms with E-state index in [2.05, 4.69) is 15.5 Å². The lowest BCUT2D eigenvalue weighted by Crippen LogP contribution is -2.40. The summed E-state index contributed by atoms with van der Waals surface area (Å²) in [6.07, 6.45) is 5.10. The Hall–Kier alpha value is -2.57. The van der Waals surface area contributed by atoms with E-state index < -0.39 is 11.6 Å². The van der Waals surface area contributed by atoms with Gasteiger partial charge in [0.05, 0.1) is 0 Å². The van der Waals surface area contributed by atoms with Crippen molar-refractivity contribution in [2.24, 2.45) is 0 Å². The maximum Gasteiger partial charge on any atom is 0.325 e. The van der Waals surface area contributed by atoms with Gasteiger partial charge in [-0.15, -0.1) is 0 Å². The second-order valence-corrected chi connectivity index (χ2v) is 7.76. The predicted molar refractivity (Wildman–Crippen MR) is 105 cm³/mol. The largest absolute Gasteiger partial charge is 0.372 e. The van der Waals surface area contributed by atoms with Gasteiger partial charge < -0.3 is 15.5 Å². The minimum absolute atomic E-state index is 0.0725. The first-order valence-electron chi connectivity index (χ1n) is 9.66. The molecular formula is C20H28N4O3. The Bertz CT molecular complexity index is 706. The molecule has 2 N–H and O–H groups in total. The molecule has 3 rings (SSSR count). The second kappa shape index (κ2) is 7.98. The molecule has 1 aromatic carbocycles. The molecule has 27 heavy (non-hydrogen) atoms. The van der Waals surface area contributed by atoms with Crippen LogP contribution in [-0.2, 0) is 9.59 Å². The zero-order valence-corrected chi connectivity index (χ0v) is 16.1. The van der Waals surface area contributed by atoms with Crippen LogP contribution in [0, 0.1) is 0 Å². The van der Waals surface area contributed by atoms with Gasteiger partial charge in [0.2, 0.25) is 5.91 Å². The monoisotopic (exact) mass is 372 g/mol. The Balaban J connectivity index is 1.51. The lowest BCUT2D eigenvalue weighted by Gasteiger charge is -2.22. The van der Waals surface area contributed by atoms with Gasteiger partial charge in [0.1, 0.15) is 5.54 Å². The number of carbonyl (C=O) groups excluding carboxylic acids is 3. The lowest BCUT2D eigenvalue weighted by molar-refractivity contribution is -0.130. The number of urea groups is 1. The maximum atomic E-state index is 12.2. The average Bonchev–Trinajstić information content (AvgIpc) is 2.83. The van der Waals surface area contributed by atoms with Gasteiger partial charge in [-0.2, -0.15) is 0 Å². The van der Waals surface area contributed by atoms with Crippen molar-refractivity contribution in [3.05, 3.63) is 24.3 Å². The molecule has 0 unspecified atom stereocenters. The first-order valence-corrected chi connectivity index (χ1v) is 9.66. The molecule has 2 fully saturated rings. The summed E-state index contributed by atoms with van der Waals surface area (Å²) in [5.74, 6) is -0.523. The van der Waals surface area contributed by atoms with E-state index in [0.717, 1.165) is 23.7 Å². The van der Waals surface area contributed by atoms with Crippen LogP contribution in [0.3, 0.4) is 0 Å². The Kier molecular flexibility index (Phi) is 5.68. The van der Waals surface area contributed by atoms with Crippen LogP contribution in [0.1, 0.15) is 46.0 Å². The summed E-state index contributed by atoms with van der Waals surface area (Å²) in [4.78, 5) is 39.6. The van der Waals surface area contributed by atoms with E-state index in [1.165, 1.54) is 31.4 Å². The topological polar surface area (TPSA) is 81.8 Å². The molecule has 0 bridgehead atoms. The van der Waals surface area contributed by atoms with Crippen molar-refractivity contribution in [3.8, 4) is 0 Å². The van der Waals surface area contributed by atoms with Crippen LogP contribution in [0.2, 0.25) is 0 Å². The molecule has 0 radical (unpaired) electrons. The fourth-order valence-corrected chi connectivity index (χ4v) is 3.54. The fourth-order valence-electron chi connectivity index (χ4n) is 3.54. The van der Waals surface area contributed by atoms with Crippen molar-refractivity contribution in [2.45, 2.75) is 51.5 Å². The SMILES string of the molecule is CC1(C)NC(=O)N(CCC(=O)Nc2ccc(N3CCCCCC3)cc2)C1=O. The standard InChI is InChI=1S/C20H28N4O3/c1-20(2)18(26)24(19(27)22-20)14-11-17(25)21-15-7-9-16(10-8-15)23-12-5-3-4-6-13-23/h7-10H,3-6,11-14H2,1-2H3,(H,21,25)(H,22,27). The first-order chi connectivity index (χ1) is 12.9. The van der Waals surface area contributed by atoms with Gasteiger partial charge in [-0.1, -0.05) is 12.8 Å². The highest BCUT2D eigenvalue weighted by Crippen LogP contribution is 2.22. The van der Waals surface area contributed by atoms with Gasteiger partial charge >= 0.3 is 6.03 Å².